The fourth-order valence-corrected chi connectivity index (χ4v) is 2.45. The van der Waals surface area contributed by atoms with Crippen molar-refractivity contribution in [2.75, 3.05) is 6.54 Å². The SMILES string of the molecule is CC(C#N)Oc1ccc(CNCC(C)(C)C(O)C(C)C)cc1. The van der Waals surface area contributed by atoms with Gasteiger partial charge in [-0.3, -0.25) is 0 Å². The van der Waals surface area contributed by atoms with Crippen LogP contribution in [0.5, 0.6) is 5.75 Å². The minimum atomic E-state index is -0.442. The lowest BCUT2D eigenvalue weighted by atomic mass is 9.80. The van der Waals surface area contributed by atoms with E-state index in [1.54, 1.807) is 6.92 Å². The second-order valence-corrected chi connectivity index (χ2v) is 6.81. The Bertz CT molecular complexity index is 489. The molecule has 0 bridgehead atoms. The summed E-state index contributed by atoms with van der Waals surface area (Å²) in [5.41, 5.74) is 0.978. The van der Waals surface area contributed by atoms with Gasteiger partial charge >= 0.3 is 0 Å². The minimum Gasteiger partial charge on any atom is -0.476 e. The Morgan fingerprint density at radius 1 is 1.23 bits per heavy atom. The number of nitrogens with one attached hydrogen (secondary N) is 1. The molecule has 4 heteroatoms. The van der Waals surface area contributed by atoms with Crippen molar-refractivity contribution in [1.29, 1.82) is 5.26 Å². The smallest absolute Gasteiger partial charge is 0.181 e. The van der Waals surface area contributed by atoms with Crippen LogP contribution in [-0.4, -0.2) is 23.9 Å². The summed E-state index contributed by atoms with van der Waals surface area (Å²) in [4.78, 5) is 0. The van der Waals surface area contributed by atoms with Crippen molar-refractivity contribution in [3.05, 3.63) is 29.8 Å². The van der Waals surface area contributed by atoms with Crippen molar-refractivity contribution in [2.24, 2.45) is 11.3 Å². The lowest BCUT2D eigenvalue weighted by Crippen LogP contribution is -2.41. The molecule has 1 aromatic carbocycles. The Hall–Kier alpha value is -1.57. The zero-order valence-corrected chi connectivity index (χ0v) is 14.3. The maximum Gasteiger partial charge on any atom is 0.181 e. The summed E-state index contributed by atoms with van der Waals surface area (Å²) < 4.78 is 5.42. The van der Waals surface area contributed by atoms with Crippen molar-refractivity contribution in [3.8, 4) is 11.8 Å². The third kappa shape index (κ3) is 5.67. The van der Waals surface area contributed by atoms with Gasteiger partial charge in [0.1, 0.15) is 11.8 Å². The van der Waals surface area contributed by atoms with E-state index in [0.717, 1.165) is 18.7 Å². The van der Waals surface area contributed by atoms with Crippen LogP contribution >= 0.6 is 0 Å². The van der Waals surface area contributed by atoms with Gasteiger partial charge in [-0.25, -0.2) is 0 Å². The first kappa shape index (κ1) is 18.5. The number of aliphatic hydroxyl groups is 1. The van der Waals surface area contributed by atoms with Crippen LogP contribution < -0.4 is 10.1 Å². The van der Waals surface area contributed by atoms with Gasteiger partial charge in [-0.05, 0) is 30.5 Å². The van der Waals surface area contributed by atoms with Crippen LogP contribution in [0.1, 0.15) is 40.2 Å². The first-order valence-corrected chi connectivity index (χ1v) is 7.80. The van der Waals surface area contributed by atoms with E-state index in [4.69, 9.17) is 10.00 Å². The number of hydrogen-bond acceptors (Lipinski definition) is 4. The molecule has 0 spiro atoms. The highest BCUT2D eigenvalue weighted by molar-refractivity contribution is 5.27. The molecule has 0 saturated carbocycles. The fourth-order valence-electron chi connectivity index (χ4n) is 2.45. The van der Waals surface area contributed by atoms with E-state index in [0.29, 0.717) is 5.75 Å². The molecular formula is C18H28N2O2. The van der Waals surface area contributed by atoms with Gasteiger partial charge in [-0.15, -0.1) is 0 Å². The third-order valence-electron chi connectivity index (χ3n) is 3.76. The van der Waals surface area contributed by atoms with E-state index < -0.39 is 6.10 Å². The van der Waals surface area contributed by atoms with Crippen molar-refractivity contribution in [3.63, 3.8) is 0 Å². The quantitative estimate of drug-likeness (QED) is 0.774. The van der Waals surface area contributed by atoms with Gasteiger partial charge < -0.3 is 15.2 Å². The summed E-state index contributed by atoms with van der Waals surface area (Å²) in [5, 5.41) is 22.3. The number of rotatable bonds is 8. The molecule has 1 rings (SSSR count). The summed E-state index contributed by atoms with van der Waals surface area (Å²) in [6.07, 6.45) is -0.773. The molecule has 0 heterocycles. The summed E-state index contributed by atoms with van der Waals surface area (Å²) in [6.45, 7) is 11.4. The van der Waals surface area contributed by atoms with E-state index >= 15 is 0 Å². The summed E-state index contributed by atoms with van der Waals surface area (Å²) in [6, 6.07) is 9.76. The molecule has 2 atom stereocenters. The Morgan fingerprint density at radius 3 is 2.32 bits per heavy atom. The Kier molecular flexibility index (Phi) is 6.86. The molecule has 2 N–H and O–H groups in total. The monoisotopic (exact) mass is 304 g/mol. The Morgan fingerprint density at radius 2 is 1.82 bits per heavy atom. The molecule has 0 aliphatic carbocycles. The topological polar surface area (TPSA) is 65.3 Å². The molecule has 2 unspecified atom stereocenters. The first-order chi connectivity index (χ1) is 10.3. The number of aliphatic hydroxyl groups excluding tert-OH is 1. The normalized spacial score (nSPS) is 14.5. The largest absolute Gasteiger partial charge is 0.476 e. The first-order valence-electron chi connectivity index (χ1n) is 7.80. The van der Waals surface area contributed by atoms with E-state index in [2.05, 4.69) is 19.2 Å². The molecular weight excluding hydrogens is 276 g/mol. The number of nitriles is 1. The zero-order valence-electron chi connectivity index (χ0n) is 14.3. The molecule has 0 saturated heterocycles. The van der Waals surface area contributed by atoms with Gasteiger partial charge in [0.15, 0.2) is 6.10 Å². The maximum absolute atomic E-state index is 10.2. The van der Waals surface area contributed by atoms with Crippen molar-refractivity contribution >= 4 is 0 Å². The van der Waals surface area contributed by atoms with Crippen LogP contribution in [-0.2, 0) is 6.54 Å². The molecule has 122 valence electrons. The van der Waals surface area contributed by atoms with Crippen molar-refractivity contribution in [1.82, 2.24) is 5.32 Å². The molecule has 0 aromatic heterocycles. The highest BCUT2D eigenvalue weighted by atomic mass is 16.5. The van der Waals surface area contributed by atoms with E-state index in [9.17, 15) is 5.11 Å². The highest BCUT2D eigenvalue weighted by Crippen LogP contribution is 2.25. The van der Waals surface area contributed by atoms with Crippen LogP contribution in [0.2, 0.25) is 0 Å². The predicted molar refractivity (Wildman–Crippen MR) is 88.5 cm³/mol. The predicted octanol–water partition coefficient (Wildman–Crippen LogP) is 3.11. The lowest BCUT2D eigenvalue weighted by molar-refractivity contribution is 0.0134. The Labute approximate surface area is 134 Å². The zero-order chi connectivity index (χ0) is 16.8. The summed E-state index contributed by atoms with van der Waals surface area (Å²) >= 11 is 0. The van der Waals surface area contributed by atoms with Crippen molar-refractivity contribution < 1.29 is 9.84 Å². The van der Waals surface area contributed by atoms with Crippen LogP contribution in [0, 0.1) is 22.7 Å². The number of benzene rings is 1. The minimum absolute atomic E-state index is 0.167. The molecule has 0 radical (unpaired) electrons. The molecule has 0 amide bonds. The van der Waals surface area contributed by atoms with E-state index in [1.165, 1.54) is 0 Å². The molecule has 4 nitrogen and oxygen atoms in total. The summed E-state index contributed by atoms with van der Waals surface area (Å²) in [7, 11) is 0. The second-order valence-electron chi connectivity index (χ2n) is 6.81. The Balaban J connectivity index is 2.47. The average Bonchev–Trinajstić information content (AvgIpc) is 2.47. The number of hydrogen-bond donors (Lipinski definition) is 2. The van der Waals surface area contributed by atoms with E-state index in [1.807, 2.05) is 44.2 Å². The number of nitrogens with zero attached hydrogens (tertiary/aromatic N) is 1. The lowest BCUT2D eigenvalue weighted by Gasteiger charge is -2.33. The molecule has 1 aromatic rings. The van der Waals surface area contributed by atoms with Gasteiger partial charge in [0.2, 0.25) is 0 Å². The highest BCUT2D eigenvalue weighted by Gasteiger charge is 2.29. The average molecular weight is 304 g/mol. The second kappa shape index (κ2) is 8.17. The van der Waals surface area contributed by atoms with Crippen LogP contribution in [0.25, 0.3) is 0 Å². The standard InChI is InChI=1S/C18H28N2O2/c1-13(2)17(21)18(4,5)12-20-11-15-6-8-16(9-7-15)22-14(3)10-19/h6-9,13-14,17,20-21H,11-12H2,1-5H3. The maximum atomic E-state index is 10.2. The van der Waals surface area contributed by atoms with Gasteiger partial charge in [0.05, 0.1) is 6.10 Å². The summed E-state index contributed by atoms with van der Waals surface area (Å²) in [5.74, 6) is 0.948. The van der Waals surface area contributed by atoms with E-state index in [-0.39, 0.29) is 17.4 Å². The molecule has 0 aliphatic heterocycles. The number of ether oxygens (including phenoxy) is 1. The van der Waals surface area contributed by atoms with Crippen LogP contribution in [0.15, 0.2) is 24.3 Å². The van der Waals surface area contributed by atoms with Crippen LogP contribution in [0.4, 0.5) is 0 Å². The van der Waals surface area contributed by atoms with Gasteiger partial charge in [0, 0.05) is 18.5 Å². The van der Waals surface area contributed by atoms with Gasteiger partial charge in [-0.2, -0.15) is 5.26 Å². The fraction of sp³-hybridized carbons (Fsp3) is 0.611. The van der Waals surface area contributed by atoms with Gasteiger partial charge in [-0.1, -0.05) is 39.8 Å². The van der Waals surface area contributed by atoms with Crippen LogP contribution in [0.3, 0.4) is 0 Å². The molecule has 0 fully saturated rings. The van der Waals surface area contributed by atoms with Gasteiger partial charge in [0.25, 0.3) is 0 Å². The van der Waals surface area contributed by atoms with Crippen molar-refractivity contribution in [2.45, 2.75) is 53.4 Å². The third-order valence-corrected chi connectivity index (χ3v) is 3.76. The molecule has 22 heavy (non-hydrogen) atoms. The molecule has 0 aliphatic rings.